The Kier molecular flexibility index (Phi) is 4.15. The monoisotopic (exact) mass is 320 g/mol. The smallest absolute Gasteiger partial charge is 0.233 e. The first-order valence-electron chi connectivity index (χ1n) is 7.70. The van der Waals surface area contributed by atoms with Crippen LogP contribution in [-0.4, -0.2) is 37.0 Å². The minimum absolute atomic E-state index is 0. The number of carbonyl (C=O) groups excluding carboxylic acids is 1. The average Bonchev–Trinajstić information content (AvgIpc) is 3.18. The Bertz CT molecular complexity index is 639. The highest BCUT2D eigenvalue weighted by atomic mass is 35.5. The molecule has 0 saturated carbocycles. The van der Waals surface area contributed by atoms with Gasteiger partial charge in [0.15, 0.2) is 0 Å². The van der Waals surface area contributed by atoms with E-state index >= 15 is 0 Å². The van der Waals surface area contributed by atoms with Gasteiger partial charge in [-0.2, -0.15) is 0 Å². The third-order valence-corrected chi connectivity index (χ3v) is 4.94. The van der Waals surface area contributed by atoms with E-state index in [0.717, 1.165) is 42.9 Å². The summed E-state index contributed by atoms with van der Waals surface area (Å²) in [5.74, 6) is 2.04. The minimum atomic E-state index is -0.204. The number of hydrogen-bond acceptors (Lipinski definition) is 3. The van der Waals surface area contributed by atoms with Gasteiger partial charge in [-0.15, -0.1) is 12.4 Å². The molecule has 0 bridgehead atoms. The van der Waals surface area contributed by atoms with E-state index in [1.165, 1.54) is 0 Å². The van der Waals surface area contributed by atoms with Crippen molar-refractivity contribution in [2.45, 2.75) is 12.8 Å². The number of nitrogens with one attached hydrogen (secondary N) is 1. The first-order chi connectivity index (χ1) is 10.2. The van der Waals surface area contributed by atoms with Crippen LogP contribution in [-0.2, 0) is 4.79 Å². The van der Waals surface area contributed by atoms with Crippen molar-refractivity contribution in [2.75, 3.05) is 26.2 Å². The van der Waals surface area contributed by atoms with Gasteiger partial charge >= 0.3 is 0 Å². The van der Waals surface area contributed by atoms with Crippen molar-refractivity contribution in [1.82, 2.24) is 10.2 Å². The summed E-state index contributed by atoms with van der Waals surface area (Å²) in [6.07, 6.45) is 0. The standard InChI is InChI=1S/C17H20N2O2.ClH/c1-11(16-6-12-4-2-3-5-15(12)21-16)17(20)19-9-13-7-18-8-14(13)10-19;/h2-6,11,13-14,18H,7-10H2,1H3;1H/t11?,13-,14+;. The van der Waals surface area contributed by atoms with Crippen LogP contribution in [0, 0.1) is 11.8 Å². The van der Waals surface area contributed by atoms with Crippen LogP contribution in [0.3, 0.4) is 0 Å². The van der Waals surface area contributed by atoms with E-state index in [1.807, 2.05) is 42.2 Å². The average molecular weight is 321 g/mol. The summed E-state index contributed by atoms with van der Waals surface area (Å²) in [6.45, 7) is 5.83. The number of hydrogen-bond donors (Lipinski definition) is 1. The largest absolute Gasteiger partial charge is 0.460 e. The van der Waals surface area contributed by atoms with Gasteiger partial charge in [-0.05, 0) is 30.9 Å². The number of halogens is 1. The lowest BCUT2D eigenvalue weighted by atomic mass is 10.0. The maximum absolute atomic E-state index is 12.7. The molecule has 1 amide bonds. The van der Waals surface area contributed by atoms with E-state index < -0.39 is 0 Å². The summed E-state index contributed by atoms with van der Waals surface area (Å²) in [5, 5.41) is 4.47. The summed E-state index contributed by atoms with van der Waals surface area (Å²) in [6, 6.07) is 9.91. The Balaban J connectivity index is 0.00000144. The highest BCUT2D eigenvalue weighted by Crippen LogP contribution is 2.31. The van der Waals surface area contributed by atoms with Gasteiger partial charge in [-0.3, -0.25) is 4.79 Å². The Hall–Kier alpha value is -1.52. The summed E-state index contributed by atoms with van der Waals surface area (Å²) < 4.78 is 5.84. The molecule has 2 aromatic rings. The van der Waals surface area contributed by atoms with Crippen LogP contribution in [0.2, 0.25) is 0 Å². The molecule has 2 saturated heterocycles. The Morgan fingerprint density at radius 3 is 2.64 bits per heavy atom. The predicted molar refractivity (Wildman–Crippen MR) is 88.3 cm³/mol. The zero-order valence-electron chi connectivity index (χ0n) is 12.6. The molecule has 0 spiro atoms. The lowest BCUT2D eigenvalue weighted by molar-refractivity contribution is -0.132. The van der Waals surface area contributed by atoms with E-state index in [9.17, 15) is 4.79 Å². The third-order valence-electron chi connectivity index (χ3n) is 4.94. The molecule has 4 rings (SSSR count). The molecule has 1 aromatic carbocycles. The molecule has 2 fully saturated rings. The van der Waals surface area contributed by atoms with Crippen molar-refractivity contribution in [3.05, 3.63) is 36.1 Å². The van der Waals surface area contributed by atoms with Crippen molar-refractivity contribution in [3.63, 3.8) is 0 Å². The minimum Gasteiger partial charge on any atom is -0.460 e. The maximum Gasteiger partial charge on any atom is 0.233 e. The normalized spacial score (nSPS) is 25.0. The zero-order chi connectivity index (χ0) is 14.4. The number of rotatable bonds is 2. The molecule has 118 valence electrons. The molecule has 4 nitrogen and oxygen atoms in total. The second-order valence-corrected chi connectivity index (χ2v) is 6.33. The fraction of sp³-hybridized carbons (Fsp3) is 0.471. The van der Waals surface area contributed by atoms with Crippen molar-refractivity contribution < 1.29 is 9.21 Å². The van der Waals surface area contributed by atoms with Crippen LogP contribution in [0.1, 0.15) is 18.6 Å². The van der Waals surface area contributed by atoms with Crippen LogP contribution >= 0.6 is 12.4 Å². The van der Waals surface area contributed by atoms with Crippen LogP contribution in [0.15, 0.2) is 34.7 Å². The van der Waals surface area contributed by atoms with Crippen LogP contribution in [0.4, 0.5) is 0 Å². The molecule has 1 unspecified atom stereocenters. The second kappa shape index (κ2) is 5.94. The fourth-order valence-electron chi connectivity index (χ4n) is 3.65. The van der Waals surface area contributed by atoms with E-state index in [1.54, 1.807) is 0 Å². The van der Waals surface area contributed by atoms with Gasteiger partial charge < -0.3 is 14.6 Å². The highest BCUT2D eigenvalue weighted by Gasteiger charge is 2.39. The molecule has 2 aliphatic rings. The number of amides is 1. The Morgan fingerprint density at radius 1 is 1.27 bits per heavy atom. The van der Waals surface area contributed by atoms with Crippen molar-refractivity contribution in [3.8, 4) is 0 Å². The lowest BCUT2D eigenvalue weighted by Crippen LogP contribution is -2.34. The zero-order valence-corrected chi connectivity index (χ0v) is 13.4. The first kappa shape index (κ1) is 15.4. The SMILES string of the molecule is CC(C(=O)N1C[C@H]2CNC[C@H]2C1)c1cc2ccccc2o1.Cl. The Morgan fingerprint density at radius 2 is 1.95 bits per heavy atom. The molecule has 3 heterocycles. The van der Waals surface area contributed by atoms with Crippen LogP contribution in [0.5, 0.6) is 0 Å². The molecule has 0 radical (unpaired) electrons. The van der Waals surface area contributed by atoms with Crippen molar-refractivity contribution in [2.24, 2.45) is 11.8 Å². The number of para-hydroxylation sites is 1. The number of fused-ring (bicyclic) bond motifs is 2. The van der Waals surface area contributed by atoms with Gasteiger partial charge in [0.1, 0.15) is 11.3 Å². The third kappa shape index (κ3) is 2.50. The predicted octanol–water partition coefficient (Wildman–Crippen LogP) is 2.64. The van der Waals surface area contributed by atoms with Gasteiger partial charge in [-0.1, -0.05) is 18.2 Å². The van der Waals surface area contributed by atoms with Gasteiger partial charge in [0.05, 0.1) is 5.92 Å². The summed E-state index contributed by atoms with van der Waals surface area (Å²) >= 11 is 0. The number of nitrogens with zero attached hydrogens (tertiary/aromatic N) is 1. The Labute approximate surface area is 136 Å². The fourth-order valence-corrected chi connectivity index (χ4v) is 3.65. The van der Waals surface area contributed by atoms with Crippen molar-refractivity contribution >= 4 is 29.3 Å². The number of carbonyl (C=O) groups is 1. The molecular formula is C17H21ClN2O2. The van der Waals surface area contributed by atoms with Crippen LogP contribution in [0.25, 0.3) is 11.0 Å². The molecule has 1 aromatic heterocycles. The van der Waals surface area contributed by atoms with Gasteiger partial charge in [0.2, 0.25) is 5.91 Å². The van der Waals surface area contributed by atoms with Crippen molar-refractivity contribution in [1.29, 1.82) is 0 Å². The second-order valence-electron chi connectivity index (χ2n) is 6.33. The van der Waals surface area contributed by atoms with E-state index in [-0.39, 0.29) is 24.2 Å². The molecule has 1 N–H and O–H groups in total. The van der Waals surface area contributed by atoms with Gasteiger partial charge in [0, 0.05) is 31.6 Å². The highest BCUT2D eigenvalue weighted by molar-refractivity contribution is 5.86. The quantitative estimate of drug-likeness (QED) is 0.925. The topological polar surface area (TPSA) is 45.5 Å². The molecule has 2 aliphatic heterocycles. The van der Waals surface area contributed by atoms with Gasteiger partial charge in [0.25, 0.3) is 0 Å². The molecule has 0 aliphatic carbocycles. The molecular weight excluding hydrogens is 300 g/mol. The van der Waals surface area contributed by atoms with E-state index in [2.05, 4.69) is 5.32 Å². The summed E-state index contributed by atoms with van der Waals surface area (Å²) in [4.78, 5) is 14.7. The number of furan rings is 1. The molecule has 3 atom stereocenters. The van der Waals surface area contributed by atoms with Crippen LogP contribution < -0.4 is 5.32 Å². The molecule has 22 heavy (non-hydrogen) atoms. The lowest BCUT2D eigenvalue weighted by Gasteiger charge is -2.20. The number of likely N-dealkylation sites (tertiary alicyclic amines) is 1. The summed E-state index contributed by atoms with van der Waals surface area (Å²) in [5.41, 5.74) is 0.856. The van der Waals surface area contributed by atoms with E-state index in [4.69, 9.17) is 4.42 Å². The van der Waals surface area contributed by atoms with E-state index in [0.29, 0.717) is 11.8 Å². The number of benzene rings is 1. The van der Waals surface area contributed by atoms with Gasteiger partial charge in [-0.25, -0.2) is 0 Å². The first-order valence-corrected chi connectivity index (χ1v) is 7.70. The maximum atomic E-state index is 12.7. The molecule has 5 heteroatoms. The summed E-state index contributed by atoms with van der Waals surface area (Å²) in [7, 11) is 0.